The maximum absolute atomic E-state index is 12.7. The predicted molar refractivity (Wildman–Crippen MR) is 122 cm³/mol. The third-order valence-corrected chi connectivity index (χ3v) is 5.57. The van der Waals surface area contributed by atoms with Crippen LogP contribution in [0, 0.1) is 0 Å². The zero-order valence-corrected chi connectivity index (χ0v) is 18.9. The van der Waals surface area contributed by atoms with E-state index >= 15 is 0 Å². The average molecular weight is 506 g/mol. The number of alkyl halides is 6. The highest BCUT2D eigenvalue weighted by Crippen LogP contribution is 2.36. The molecule has 10 heteroatoms. The van der Waals surface area contributed by atoms with E-state index in [1.807, 2.05) is 30.3 Å². The zero-order chi connectivity index (χ0) is 26.1. The number of H-pyrrole nitrogens is 1. The Morgan fingerprint density at radius 1 is 0.917 bits per heavy atom. The smallest absolute Gasteiger partial charge is 0.434 e. The highest BCUT2D eigenvalue weighted by Gasteiger charge is 2.59. The Bertz CT molecular complexity index is 1360. The van der Waals surface area contributed by atoms with Gasteiger partial charge in [0, 0.05) is 12.0 Å². The normalized spacial score (nSPS) is 12.3. The Kier molecular flexibility index (Phi) is 6.79. The second-order valence-electron chi connectivity index (χ2n) is 8.24. The second-order valence-corrected chi connectivity index (χ2v) is 8.24. The molecule has 0 bridgehead atoms. The van der Waals surface area contributed by atoms with E-state index in [4.69, 9.17) is 0 Å². The van der Waals surface area contributed by atoms with E-state index in [-0.39, 0.29) is 5.78 Å². The van der Waals surface area contributed by atoms with Gasteiger partial charge in [0.25, 0.3) is 6.10 Å². The molecular weight excluding hydrogens is 486 g/mol. The summed E-state index contributed by atoms with van der Waals surface area (Å²) in [6.07, 6.45) is -14.1. The molecular formula is C26H20F6N2O2. The van der Waals surface area contributed by atoms with Crippen LogP contribution in [0.25, 0.3) is 22.2 Å². The first-order valence-corrected chi connectivity index (χ1v) is 10.9. The van der Waals surface area contributed by atoms with Gasteiger partial charge in [-0.2, -0.15) is 26.3 Å². The summed E-state index contributed by atoms with van der Waals surface area (Å²) in [5.74, 6) is 0.0943. The Hall–Kier alpha value is -3.82. The summed E-state index contributed by atoms with van der Waals surface area (Å²) in [4.78, 5) is 19.7. The molecule has 188 valence electrons. The number of hydrogen-bond donors (Lipinski definition) is 1. The Labute approximate surface area is 201 Å². The van der Waals surface area contributed by atoms with Crippen molar-refractivity contribution in [2.45, 2.75) is 38.2 Å². The van der Waals surface area contributed by atoms with Gasteiger partial charge in [-0.25, -0.2) is 4.98 Å². The Morgan fingerprint density at radius 3 is 2.22 bits per heavy atom. The lowest BCUT2D eigenvalue weighted by Gasteiger charge is -2.23. The van der Waals surface area contributed by atoms with Crippen LogP contribution in [0.5, 0.6) is 5.75 Å². The number of ketones is 1. The van der Waals surface area contributed by atoms with Crippen LogP contribution >= 0.6 is 0 Å². The molecule has 0 aliphatic carbocycles. The van der Waals surface area contributed by atoms with E-state index in [9.17, 15) is 31.1 Å². The van der Waals surface area contributed by atoms with Gasteiger partial charge < -0.3 is 9.72 Å². The average Bonchev–Trinajstić information content (AvgIpc) is 3.22. The molecule has 0 amide bonds. The van der Waals surface area contributed by atoms with Crippen LogP contribution in [0.2, 0.25) is 0 Å². The molecule has 4 aromatic rings. The first kappa shape index (κ1) is 25.3. The van der Waals surface area contributed by atoms with Gasteiger partial charge in [0.15, 0.2) is 5.78 Å². The molecule has 4 nitrogen and oxygen atoms in total. The van der Waals surface area contributed by atoms with Gasteiger partial charge in [0.05, 0.1) is 11.0 Å². The molecule has 4 rings (SSSR count). The van der Waals surface area contributed by atoms with Crippen molar-refractivity contribution in [3.63, 3.8) is 0 Å². The molecule has 0 spiro atoms. The number of carbonyl (C=O) groups is 1. The van der Waals surface area contributed by atoms with Crippen LogP contribution in [-0.4, -0.2) is 34.2 Å². The SMILES string of the molecule is CC(=O)c1ccccc1-c1ccc2nc(CCc3ccc(OC(C(F)(F)F)C(F)(F)F)cc3)[nH]c2c1. The molecule has 0 aliphatic heterocycles. The van der Waals surface area contributed by atoms with Crippen molar-refractivity contribution in [3.8, 4) is 16.9 Å². The van der Waals surface area contributed by atoms with E-state index < -0.39 is 24.2 Å². The minimum absolute atomic E-state index is 0.0419. The highest BCUT2D eigenvalue weighted by molar-refractivity contribution is 6.01. The van der Waals surface area contributed by atoms with E-state index in [2.05, 4.69) is 14.7 Å². The lowest BCUT2D eigenvalue weighted by molar-refractivity contribution is -0.299. The molecule has 0 fully saturated rings. The number of nitrogens with zero attached hydrogens (tertiary/aromatic N) is 1. The highest BCUT2D eigenvalue weighted by atomic mass is 19.4. The number of imidazole rings is 1. The topological polar surface area (TPSA) is 55.0 Å². The van der Waals surface area contributed by atoms with Crippen LogP contribution in [-0.2, 0) is 12.8 Å². The summed E-state index contributed by atoms with van der Waals surface area (Å²) >= 11 is 0. The number of aromatic amines is 1. The molecule has 3 aromatic carbocycles. The molecule has 0 saturated heterocycles. The zero-order valence-electron chi connectivity index (χ0n) is 18.9. The molecule has 36 heavy (non-hydrogen) atoms. The molecule has 0 unspecified atom stereocenters. The number of carbonyl (C=O) groups excluding carboxylic acids is 1. The fraction of sp³-hybridized carbons (Fsp3) is 0.231. The summed E-state index contributed by atoms with van der Waals surface area (Å²) in [5.41, 5.74) is 4.46. The van der Waals surface area contributed by atoms with Gasteiger partial charge in [-0.3, -0.25) is 4.79 Å². The first-order chi connectivity index (χ1) is 16.9. The van der Waals surface area contributed by atoms with E-state index in [0.29, 0.717) is 29.8 Å². The number of halogens is 6. The maximum atomic E-state index is 12.7. The minimum atomic E-state index is -5.58. The number of benzene rings is 3. The van der Waals surface area contributed by atoms with Gasteiger partial charge in [0.2, 0.25) is 0 Å². The standard InChI is InChI=1S/C26H20F6N2O2/c1-15(35)19-4-2-3-5-20(19)17-9-12-21-22(14-17)34-23(33-21)13-8-16-6-10-18(11-7-16)36-24(25(27,28)29)26(30,31)32/h2-7,9-12,14,24H,8,13H2,1H3,(H,33,34). The number of aromatic nitrogens is 2. The lowest BCUT2D eigenvalue weighted by Crippen LogP contribution is -2.46. The number of rotatable bonds is 7. The van der Waals surface area contributed by atoms with Crippen LogP contribution in [0.1, 0.15) is 28.7 Å². The van der Waals surface area contributed by atoms with Crippen molar-refractivity contribution in [3.05, 3.63) is 83.7 Å². The summed E-state index contributed by atoms with van der Waals surface area (Å²) < 4.78 is 80.3. The van der Waals surface area contributed by atoms with Gasteiger partial charge in [-0.15, -0.1) is 0 Å². The number of hydrogen-bond acceptors (Lipinski definition) is 3. The maximum Gasteiger partial charge on any atom is 0.434 e. The van der Waals surface area contributed by atoms with Crippen LogP contribution < -0.4 is 4.74 Å². The largest absolute Gasteiger partial charge is 0.471 e. The first-order valence-electron chi connectivity index (χ1n) is 10.9. The van der Waals surface area contributed by atoms with E-state index in [1.54, 1.807) is 12.1 Å². The van der Waals surface area contributed by atoms with Gasteiger partial charge in [-0.05, 0) is 54.3 Å². The number of fused-ring (bicyclic) bond motifs is 1. The summed E-state index contributed by atoms with van der Waals surface area (Å²) in [5, 5.41) is 0. The van der Waals surface area contributed by atoms with Crippen LogP contribution in [0.3, 0.4) is 0 Å². The van der Waals surface area contributed by atoms with E-state index in [1.165, 1.54) is 19.1 Å². The fourth-order valence-electron chi connectivity index (χ4n) is 3.84. The van der Waals surface area contributed by atoms with Crippen molar-refractivity contribution >= 4 is 16.8 Å². The third-order valence-electron chi connectivity index (χ3n) is 5.57. The molecule has 0 atom stereocenters. The van der Waals surface area contributed by atoms with E-state index in [0.717, 1.165) is 34.3 Å². The molecule has 1 aromatic heterocycles. The summed E-state index contributed by atoms with van der Waals surface area (Å²) in [6, 6.07) is 17.9. The van der Waals surface area contributed by atoms with Crippen molar-refractivity contribution in [1.82, 2.24) is 9.97 Å². The molecule has 0 saturated carbocycles. The van der Waals surface area contributed by atoms with Crippen molar-refractivity contribution < 1.29 is 35.9 Å². The number of nitrogens with one attached hydrogen (secondary N) is 1. The molecule has 0 aliphatic rings. The molecule has 1 heterocycles. The summed E-state index contributed by atoms with van der Waals surface area (Å²) in [6.45, 7) is 1.51. The Balaban J connectivity index is 1.45. The quantitative estimate of drug-likeness (QED) is 0.215. The van der Waals surface area contributed by atoms with Gasteiger partial charge in [-0.1, -0.05) is 42.5 Å². The summed E-state index contributed by atoms with van der Waals surface area (Å²) in [7, 11) is 0. The lowest BCUT2D eigenvalue weighted by atomic mass is 9.97. The fourth-order valence-corrected chi connectivity index (χ4v) is 3.84. The number of ether oxygens (including phenoxy) is 1. The number of Topliss-reactive ketones (excluding diaryl/α,β-unsaturated/α-hetero) is 1. The molecule has 1 N–H and O–H groups in total. The van der Waals surface area contributed by atoms with Crippen LogP contribution in [0.4, 0.5) is 26.3 Å². The number of aryl methyl sites for hydroxylation is 2. The second kappa shape index (κ2) is 9.67. The van der Waals surface area contributed by atoms with Crippen molar-refractivity contribution in [2.75, 3.05) is 0 Å². The third kappa shape index (κ3) is 5.69. The van der Waals surface area contributed by atoms with Crippen LogP contribution in [0.15, 0.2) is 66.7 Å². The minimum Gasteiger partial charge on any atom is -0.471 e. The Morgan fingerprint density at radius 2 is 1.58 bits per heavy atom. The van der Waals surface area contributed by atoms with Gasteiger partial charge in [0.1, 0.15) is 11.6 Å². The van der Waals surface area contributed by atoms with Gasteiger partial charge >= 0.3 is 12.4 Å². The van der Waals surface area contributed by atoms with Crippen molar-refractivity contribution in [1.29, 1.82) is 0 Å². The molecule has 0 radical (unpaired) electrons. The predicted octanol–water partition coefficient (Wildman–Crippen LogP) is 7.09. The monoisotopic (exact) mass is 506 g/mol. The van der Waals surface area contributed by atoms with Crippen molar-refractivity contribution in [2.24, 2.45) is 0 Å².